The van der Waals surface area contributed by atoms with Gasteiger partial charge in [-0.05, 0) is 0 Å². The maximum atomic E-state index is 12.9. The van der Waals surface area contributed by atoms with Crippen molar-refractivity contribution in [2.24, 2.45) is 4.99 Å². The number of anilines is 1. The van der Waals surface area contributed by atoms with Crippen LogP contribution in [0.3, 0.4) is 0 Å². The average Bonchev–Trinajstić information content (AvgIpc) is 2.93. The van der Waals surface area contributed by atoms with Gasteiger partial charge in [0.1, 0.15) is 0 Å². The molecular formula is C35H48GeN2O4. The topological polar surface area (TPSA) is 68.2 Å². The van der Waals surface area contributed by atoms with Crippen LogP contribution in [-0.2, 0) is 19.1 Å². The van der Waals surface area contributed by atoms with Gasteiger partial charge in [0, 0.05) is 0 Å². The van der Waals surface area contributed by atoms with Gasteiger partial charge in [-0.25, -0.2) is 0 Å². The first-order valence-corrected chi connectivity index (χ1v) is 16.7. The molecule has 0 amide bonds. The second kappa shape index (κ2) is 15.9. The van der Waals surface area contributed by atoms with Gasteiger partial charge < -0.3 is 0 Å². The summed E-state index contributed by atoms with van der Waals surface area (Å²) < 4.78 is 12.5. The summed E-state index contributed by atoms with van der Waals surface area (Å²) in [5, 5.41) is 0. The van der Waals surface area contributed by atoms with Gasteiger partial charge in [-0.1, -0.05) is 0 Å². The molecule has 226 valence electrons. The zero-order valence-corrected chi connectivity index (χ0v) is 29.6. The van der Waals surface area contributed by atoms with Crippen LogP contribution in [0.1, 0.15) is 115 Å². The fourth-order valence-electron chi connectivity index (χ4n) is 4.85. The summed E-state index contributed by atoms with van der Waals surface area (Å²) in [6.07, 6.45) is 3.35. The minimum absolute atomic E-state index is 0.244. The molecule has 0 aliphatic heterocycles. The molecule has 42 heavy (non-hydrogen) atoms. The zero-order chi connectivity index (χ0) is 31.7. The number of carbonyl (C=O) groups excluding carboxylic acids is 2. The number of carbonyl (C=O) groups is 2. The SMILES string of the molecule is COC(=O)/C=[C](\[Ge][N](/C(C)=C\C(C)=Nc1c(C(C)C)cccc1C(C)C)c1c(C(C)C)cccc1C(C)C)C(=O)OC. The fraction of sp³-hybridized carbons (Fsp3) is 0.457. The monoisotopic (exact) mass is 634 g/mol. The van der Waals surface area contributed by atoms with E-state index in [9.17, 15) is 9.59 Å². The summed E-state index contributed by atoms with van der Waals surface area (Å²) in [5.74, 6) is 0.0543. The van der Waals surface area contributed by atoms with E-state index < -0.39 is 27.6 Å². The van der Waals surface area contributed by atoms with E-state index in [0.717, 1.165) is 22.8 Å². The number of benzene rings is 2. The number of ether oxygens (including phenoxy) is 2. The Morgan fingerprint density at radius 2 is 1.19 bits per heavy atom. The van der Waals surface area contributed by atoms with E-state index in [1.54, 1.807) is 0 Å². The Bertz CT molecular complexity index is 1300. The van der Waals surface area contributed by atoms with Crippen LogP contribution in [0.15, 0.2) is 63.6 Å². The van der Waals surface area contributed by atoms with Gasteiger partial charge in [0.2, 0.25) is 0 Å². The number of nitrogens with zero attached hydrogens (tertiary/aromatic N) is 2. The molecule has 0 aliphatic rings. The van der Waals surface area contributed by atoms with Crippen LogP contribution in [0.2, 0.25) is 0 Å². The van der Waals surface area contributed by atoms with Crippen molar-refractivity contribution in [2.75, 3.05) is 18.1 Å². The molecule has 0 aromatic heterocycles. The molecule has 0 heterocycles. The van der Waals surface area contributed by atoms with Crippen LogP contribution in [0, 0.1) is 0 Å². The van der Waals surface area contributed by atoms with Gasteiger partial charge in [0.25, 0.3) is 0 Å². The van der Waals surface area contributed by atoms with E-state index in [2.05, 4.69) is 109 Å². The van der Waals surface area contributed by atoms with Crippen LogP contribution in [0.25, 0.3) is 0 Å². The molecule has 0 saturated carbocycles. The van der Waals surface area contributed by atoms with E-state index >= 15 is 0 Å². The number of esters is 2. The standard InChI is InChI=1S/C35H48GeN2O4/c1-21(2)27-15-13-16-28(22(3)4)33(27)37-25(9)19-26(10)38(36-31(35(40)42-12)20-32(39)41-11)34-29(23(5)6)17-14-18-30(34)24(7)8/h13-24H,1-12H3/b26-19-,31-20-,37-25?. The number of hydrogen-bond donors (Lipinski definition) is 0. The summed E-state index contributed by atoms with van der Waals surface area (Å²) in [6, 6.07) is 12.8. The van der Waals surface area contributed by atoms with Crippen LogP contribution >= 0.6 is 0 Å². The third kappa shape index (κ3) is 8.94. The Kier molecular flexibility index (Phi) is 13.3. The Labute approximate surface area is 260 Å². The molecule has 7 heteroatoms. The molecule has 2 aromatic rings. The summed E-state index contributed by atoms with van der Waals surface area (Å²) in [7, 11) is 2.64. The molecule has 2 radical (unpaired) electrons. The number of allylic oxidation sites excluding steroid dienone is 2. The van der Waals surface area contributed by atoms with Crippen LogP contribution in [0.4, 0.5) is 11.4 Å². The van der Waals surface area contributed by atoms with Crippen molar-refractivity contribution >= 4 is 44.7 Å². The molecule has 0 atom stereocenters. The molecular weight excluding hydrogens is 585 g/mol. The van der Waals surface area contributed by atoms with Crippen LogP contribution < -0.4 is 3.86 Å². The quantitative estimate of drug-likeness (QED) is 0.101. The number of methoxy groups -OCH3 is 2. The van der Waals surface area contributed by atoms with Crippen LogP contribution in [0.5, 0.6) is 0 Å². The molecule has 2 rings (SSSR count). The van der Waals surface area contributed by atoms with Crippen molar-refractivity contribution in [3.8, 4) is 0 Å². The van der Waals surface area contributed by atoms with Crippen molar-refractivity contribution < 1.29 is 19.1 Å². The van der Waals surface area contributed by atoms with Gasteiger partial charge >= 0.3 is 261 Å². The second-order valence-corrected chi connectivity index (χ2v) is 14.3. The molecule has 0 saturated heterocycles. The average molecular weight is 633 g/mol. The summed E-state index contributed by atoms with van der Waals surface area (Å²) in [4.78, 5) is 30.4. The summed E-state index contributed by atoms with van der Waals surface area (Å²) >= 11 is -1.41. The molecule has 0 fully saturated rings. The molecule has 0 unspecified atom stereocenters. The van der Waals surface area contributed by atoms with E-state index in [1.807, 2.05) is 6.92 Å². The van der Waals surface area contributed by atoms with Gasteiger partial charge in [0.05, 0.1) is 0 Å². The maximum absolute atomic E-state index is 12.9. The van der Waals surface area contributed by atoms with E-state index in [-0.39, 0.29) is 11.8 Å². The fourth-order valence-corrected chi connectivity index (χ4v) is 7.43. The van der Waals surface area contributed by atoms with Crippen molar-refractivity contribution in [3.05, 3.63) is 80.9 Å². The van der Waals surface area contributed by atoms with Crippen molar-refractivity contribution in [2.45, 2.75) is 92.9 Å². The number of para-hydroxylation sites is 2. The van der Waals surface area contributed by atoms with Gasteiger partial charge in [0.15, 0.2) is 0 Å². The predicted octanol–water partition coefficient (Wildman–Crippen LogP) is 8.53. The normalized spacial score (nSPS) is 12.9. The third-order valence-corrected chi connectivity index (χ3v) is 9.98. The molecule has 0 N–H and O–H groups in total. The first kappa shape index (κ1) is 35.1. The third-order valence-electron chi connectivity index (χ3n) is 7.07. The van der Waals surface area contributed by atoms with Crippen molar-refractivity contribution in [1.82, 2.24) is 0 Å². The van der Waals surface area contributed by atoms with Crippen molar-refractivity contribution in [1.29, 1.82) is 0 Å². The van der Waals surface area contributed by atoms with Gasteiger partial charge in [-0.2, -0.15) is 0 Å². The molecule has 0 aliphatic carbocycles. The van der Waals surface area contributed by atoms with Crippen LogP contribution in [-0.4, -0.2) is 47.5 Å². The Morgan fingerprint density at radius 1 is 0.738 bits per heavy atom. The number of aliphatic imine (C=N–C) groups is 1. The molecule has 0 spiro atoms. The molecule has 0 bridgehead atoms. The molecule has 6 nitrogen and oxygen atoms in total. The number of rotatable bonds is 12. The Hall–Kier alpha value is -3.13. The Morgan fingerprint density at radius 3 is 1.60 bits per heavy atom. The first-order valence-electron chi connectivity index (χ1n) is 14.7. The van der Waals surface area contributed by atoms with E-state index in [0.29, 0.717) is 16.2 Å². The summed E-state index contributed by atoms with van der Waals surface area (Å²) in [5.41, 5.74) is 8.72. The first-order chi connectivity index (χ1) is 19.7. The predicted molar refractivity (Wildman–Crippen MR) is 176 cm³/mol. The van der Waals surface area contributed by atoms with E-state index in [4.69, 9.17) is 14.5 Å². The summed E-state index contributed by atoms with van der Waals surface area (Å²) in [6.45, 7) is 21.5. The minimum atomic E-state index is -1.41. The van der Waals surface area contributed by atoms with Crippen molar-refractivity contribution in [3.63, 3.8) is 0 Å². The Balaban J connectivity index is 2.86. The van der Waals surface area contributed by atoms with Gasteiger partial charge in [-0.3, -0.25) is 0 Å². The van der Waals surface area contributed by atoms with Gasteiger partial charge in [-0.15, -0.1) is 0 Å². The zero-order valence-electron chi connectivity index (χ0n) is 27.5. The number of hydrogen-bond acceptors (Lipinski definition) is 6. The molecule has 2 aromatic carbocycles. The van der Waals surface area contributed by atoms with E-state index in [1.165, 1.54) is 42.5 Å². The second-order valence-electron chi connectivity index (χ2n) is 11.7.